The Morgan fingerprint density at radius 3 is 2.76 bits per heavy atom. The van der Waals surface area contributed by atoms with E-state index in [-0.39, 0.29) is 11.0 Å². The van der Waals surface area contributed by atoms with Crippen molar-refractivity contribution in [1.29, 1.82) is 0 Å². The number of nitrogens with two attached hydrogens (primary N) is 1. The van der Waals surface area contributed by atoms with E-state index in [1.54, 1.807) is 13.4 Å². The number of ether oxygens (including phenoxy) is 1. The highest BCUT2D eigenvalue weighted by Crippen LogP contribution is 2.43. The summed E-state index contributed by atoms with van der Waals surface area (Å²) in [6, 6.07) is 17.6. The van der Waals surface area contributed by atoms with Crippen molar-refractivity contribution >= 4 is 16.7 Å². The van der Waals surface area contributed by atoms with E-state index in [1.165, 1.54) is 22.4 Å². The van der Waals surface area contributed by atoms with E-state index in [9.17, 15) is 0 Å². The molecule has 0 bridgehead atoms. The first-order valence-corrected chi connectivity index (χ1v) is 11.6. The molecule has 2 aromatic carbocycles. The van der Waals surface area contributed by atoms with Crippen LogP contribution in [0.4, 0.5) is 5.69 Å². The Kier molecular flexibility index (Phi) is 4.75. The molecule has 1 unspecified atom stereocenters. The zero-order chi connectivity index (χ0) is 22.5. The minimum Gasteiger partial charge on any atom is -0.382 e. The Morgan fingerprint density at radius 2 is 1.94 bits per heavy atom. The molecule has 0 spiro atoms. The largest absolute Gasteiger partial charge is 0.382 e. The van der Waals surface area contributed by atoms with E-state index in [4.69, 9.17) is 10.5 Å². The zero-order valence-electron chi connectivity index (χ0n) is 18.9. The molecular formula is C27H29N5O. The van der Waals surface area contributed by atoms with E-state index in [1.807, 2.05) is 12.3 Å². The number of rotatable bonds is 7. The number of aromatic amines is 1. The van der Waals surface area contributed by atoms with Gasteiger partial charge in [-0.15, -0.1) is 0 Å². The van der Waals surface area contributed by atoms with E-state index < -0.39 is 0 Å². The summed E-state index contributed by atoms with van der Waals surface area (Å²) >= 11 is 0. The number of nitrogens with zero attached hydrogens (tertiary/aromatic N) is 2. The van der Waals surface area contributed by atoms with Gasteiger partial charge in [-0.1, -0.05) is 24.3 Å². The van der Waals surface area contributed by atoms with Gasteiger partial charge in [-0.25, -0.2) is 9.97 Å². The third-order valence-electron chi connectivity index (χ3n) is 7.44. The molecule has 1 fully saturated rings. The van der Waals surface area contributed by atoms with Crippen LogP contribution in [0.2, 0.25) is 0 Å². The van der Waals surface area contributed by atoms with Crippen molar-refractivity contribution in [1.82, 2.24) is 15.0 Å². The molecule has 33 heavy (non-hydrogen) atoms. The van der Waals surface area contributed by atoms with Gasteiger partial charge in [0.05, 0.1) is 17.8 Å². The maximum absolute atomic E-state index is 6.47. The summed E-state index contributed by atoms with van der Waals surface area (Å²) in [7, 11) is 1.77. The van der Waals surface area contributed by atoms with Crippen LogP contribution in [0, 0.1) is 0 Å². The van der Waals surface area contributed by atoms with Crippen molar-refractivity contribution < 1.29 is 4.74 Å². The predicted molar refractivity (Wildman–Crippen MR) is 131 cm³/mol. The summed E-state index contributed by atoms with van der Waals surface area (Å²) < 4.78 is 5.42. The number of hydrogen-bond acceptors (Lipinski definition) is 5. The van der Waals surface area contributed by atoms with Crippen LogP contribution in [0.5, 0.6) is 0 Å². The lowest BCUT2D eigenvalue weighted by Gasteiger charge is -2.28. The summed E-state index contributed by atoms with van der Waals surface area (Å²) in [5.74, 6) is 0. The van der Waals surface area contributed by atoms with Gasteiger partial charge in [-0.05, 0) is 66.6 Å². The number of aromatic nitrogens is 3. The molecule has 168 valence electrons. The Balaban J connectivity index is 1.32. The Morgan fingerprint density at radius 1 is 1.06 bits per heavy atom. The summed E-state index contributed by atoms with van der Waals surface area (Å²) in [4.78, 5) is 12.1. The fourth-order valence-electron chi connectivity index (χ4n) is 5.44. The standard InChI is InChI=1S/C27H29N5O/c1-33-16-27(8-9-27)32-22-6-5-19-13-26(15-28,14-20(19)12-22)21-4-2-3-18(11-21)24-23-7-10-29-25(23)31-17-30-24/h2-7,10-12,17,32H,8-9,13-16,28H2,1H3,(H,29,30,31). The van der Waals surface area contributed by atoms with Gasteiger partial charge in [0.2, 0.25) is 0 Å². The number of anilines is 1. The highest BCUT2D eigenvalue weighted by atomic mass is 16.5. The average Bonchev–Trinajstić information content (AvgIpc) is 3.26. The molecule has 0 aliphatic heterocycles. The summed E-state index contributed by atoms with van der Waals surface area (Å²) in [6.45, 7) is 1.35. The molecule has 1 saturated carbocycles. The van der Waals surface area contributed by atoms with E-state index in [0.717, 1.165) is 54.6 Å². The van der Waals surface area contributed by atoms with Crippen LogP contribution in [0.3, 0.4) is 0 Å². The maximum atomic E-state index is 6.47. The molecule has 6 nitrogen and oxygen atoms in total. The minimum absolute atomic E-state index is 0.106. The second-order valence-electron chi connectivity index (χ2n) is 9.70. The van der Waals surface area contributed by atoms with Gasteiger partial charge in [0.25, 0.3) is 0 Å². The number of methoxy groups -OCH3 is 1. The fourth-order valence-corrected chi connectivity index (χ4v) is 5.44. The third-order valence-corrected chi connectivity index (χ3v) is 7.44. The van der Waals surface area contributed by atoms with E-state index in [2.05, 4.69) is 62.7 Å². The van der Waals surface area contributed by atoms with Crippen LogP contribution < -0.4 is 11.1 Å². The molecule has 0 saturated heterocycles. The van der Waals surface area contributed by atoms with Crippen LogP contribution in [0.25, 0.3) is 22.3 Å². The number of H-pyrrole nitrogens is 1. The third kappa shape index (κ3) is 3.50. The molecule has 1 atom stereocenters. The first kappa shape index (κ1) is 20.4. The van der Waals surface area contributed by atoms with Crippen molar-refractivity contribution in [3.63, 3.8) is 0 Å². The molecule has 0 radical (unpaired) electrons. The molecule has 6 heteroatoms. The molecule has 0 amide bonds. The second-order valence-corrected chi connectivity index (χ2v) is 9.70. The SMILES string of the molecule is COCC1(Nc2ccc3c(c2)CC(CN)(c2cccc(-c4ncnc5[nH]ccc45)c2)C3)CC1. The van der Waals surface area contributed by atoms with Gasteiger partial charge >= 0.3 is 0 Å². The normalized spacial score (nSPS) is 20.7. The van der Waals surface area contributed by atoms with Crippen LogP contribution in [0.15, 0.2) is 61.1 Å². The average molecular weight is 440 g/mol. The van der Waals surface area contributed by atoms with E-state index in [0.29, 0.717) is 6.54 Å². The summed E-state index contributed by atoms with van der Waals surface area (Å²) in [6.07, 6.45) is 7.75. The lowest BCUT2D eigenvalue weighted by Crippen LogP contribution is -2.36. The van der Waals surface area contributed by atoms with Gasteiger partial charge in [0.1, 0.15) is 12.0 Å². The van der Waals surface area contributed by atoms with Crippen molar-refractivity contribution in [2.75, 3.05) is 25.6 Å². The lowest BCUT2D eigenvalue weighted by atomic mass is 9.77. The number of hydrogen-bond donors (Lipinski definition) is 3. The lowest BCUT2D eigenvalue weighted by molar-refractivity contribution is 0.179. The zero-order valence-corrected chi connectivity index (χ0v) is 18.9. The molecular weight excluding hydrogens is 410 g/mol. The van der Waals surface area contributed by atoms with Crippen molar-refractivity contribution in [2.24, 2.45) is 5.73 Å². The van der Waals surface area contributed by atoms with Gasteiger partial charge in [0.15, 0.2) is 0 Å². The quantitative estimate of drug-likeness (QED) is 0.401. The molecule has 4 aromatic rings. The first-order chi connectivity index (χ1) is 16.1. The first-order valence-electron chi connectivity index (χ1n) is 11.6. The second kappa shape index (κ2) is 7.68. The van der Waals surface area contributed by atoms with E-state index >= 15 is 0 Å². The van der Waals surface area contributed by atoms with Crippen LogP contribution in [0.1, 0.15) is 29.5 Å². The molecule has 2 aliphatic carbocycles. The molecule has 2 heterocycles. The summed E-state index contributed by atoms with van der Waals surface area (Å²) in [5, 5.41) is 4.75. The molecule has 4 N–H and O–H groups in total. The Hall–Kier alpha value is -3.22. The fraction of sp³-hybridized carbons (Fsp3) is 0.333. The Labute approximate surface area is 193 Å². The van der Waals surface area contributed by atoms with Crippen molar-refractivity contribution in [3.05, 3.63) is 77.7 Å². The number of fused-ring (bicyclic) bond motifs is 2. The molecule has 6 rings (SSSR count). The highest BCUT2D eigenvalue weighted by molar-refractivity contribution is 5.90. The Bertz CT molecular complexity index is 1330. The van der Waals surface area contributed by atoms with Crippen LogP contribution in [-0.4, -0.2) is 40.8 Å². The number of benzene rings is 2. The highest BCUT2D eigenvalue weighted by Gasteiger charge is 2.43. The predicted octanol–water partition coefficient (Wildman–Crippen LogP) is 4.21. The van der Waals surface area contributed by atoms with Gasteiger partial charge in [-0.3, -0.25) is 0 Å². The molecule has 2 aliphatic rings. The summed E-state index contributed by atoms with van der Waals surface area (Å²) in [5.41, 5.74) is 14.6. The minimum atomic E-state index is -0.106. The maximum Gasteiger partial charge on any atom is 0.141 e. The molecule has 2 aromatic heterocycles. The van der Waals surface area contributed by atoms with Crippen LogP contribution in [-0.2, 0) is 23.0 Å². The van der Waals surface area contributed by atoms with Gasteiger partial charge in [0, 0.05) is 41.9 Å². The van der Waals surface area contributed by atoms with Crippen molar-refractivity contribution in [2.45, 2.75) is 36.6 Å². The van der Waals surface area contributed by atoms with Crippen LogP contribution >= 0.6 is 0 Å². The smallest absolute Gasteiger partial charge is 0.141 e. The van der Waals surface area contributed by atoms with Crippen molar-refractivity contribution in [3.8, 4) is 11.3 Å². The van der Waals surface area contributed by atoms with Gasteiger partial charge in [-0.2, -0.15) is 0 Å². The van der Waals surface area contributed by atoms with Gasteiger partial charge < -0.3 is 20.8 Å². The topological polar surface area (TPSA) is 88.8 Å². The monoisotopic (exact) mass is 439 g/mol. The number of nitrogens with one attached hydrogen (secondary N) is 2.